The van der Waals surface area contributed by atoms with Gasteiger partial charge in [0.2, 0.25) is 0 Å². The van der Waals surface area contributed by atoms with Gasteiger partial charge in [-0.15, -0.1) is 0 Å². The predicted molar refractivity (Wildman–Crippen MR) is 73.2 cm³/mol. The fourth-order valence-electron chi connectivity index (χ4n) is 2.86. The maximum Gasteiger partial charge on any atom is 0.123 e. The average molecular weight is 250 g/mol. The van der Waals surface area contributed by atoms with Crippen LogP contribution in [-0.2, 0) is 6.42 Å². The van der Waals surface area contributed by atoms with Crippen molar-refractivity contribution in [2.45, 2.75) is 45.3 Å². The van der Waals surface area contributed by atoms with Crippen LogP contribution in [0.1, 0.15) is 26.3 Å². The third-order valence-corrected chi connectivity index (χ3v) is 3.63. The smallest absolute Gasteiger partial charge is 0.123 e. The summed E-state index contributed by atoms with van der Waals surface area (Å²) in [4.78, 5) is 2.50. The molecule has 3 atom stereocenters. The van der Waals surface area contributed by atoms with Crippen molar-refractivity contribution in [1.29, 1.82) is 0 Å². The molecular weight excluding hydrogens is 227 g/mol. The number of nitrogens with one attached hydrogen (secondary N) is 1. The number of halogens is 1. The Bertz CT molecular complexity index is 384. The van der Waals surface area contributed by atoms with E-state index in [1.165, 1.54) is 6.07 Å². The fraction of sp³-hybridized carbons (Fsp3) is 0.600. The summed E-state index contributed by atoms with van der Waals surface area (Å²) in [7, 11) is 0. The van der Waals surface area contributed by atoms with Gasteiger partial charge in [-0.05, 0) is 44.9 Å². The molecule has 0 bridgehead atoms. The highest BCUT2D eigenvalue weighted by Crippen LogP contribution is 2.14. The Labute approximate surface area is 109 Å². The first-order chi connectivity index (χ1) is 8.54. The largest absolute Gasteiger partial charge is 0.309 e. The number of piperazine rings is 1. The standard InChI is InChI=1S/C15H23FN2/c1-11-9-18(10-12(2)17-11)13(3)7-14-5-4-6-15(16)8-14/h4-6,8,11-13,17H,7,9-10H2,1-3H3. The second-order valence-electron chi connectivity index (χ2n) is 5.61. The number of hydrogen-bond acceptors (Lipinski definition) is 2. The normalized spacial score (nSPS) is 27.1. The van der Waals surface area contributed by atoms with Gasteiger partial charge >= 0.3 is 0 Å². The lowest BCUT2D eigenvalue weighted by molar-refractivity contribution is 0.130. The molecule has 2 rings (SSSR count). The van der Waals surface area contributed by atoms with Gasteiger partial charge in [-0.25, -0.2) is 4.39 Å². The van der Waals surface area contributed by atoms with E-state index < -0.39 is 0 Å². The fourth-order valence-corrected chi connectivity index (χ4v) is 2.86. The Morgan fingerprint density at radius 1 is 1.33 bits per heavy atom. The molecule has 1 N–H and O–H groups in total. The highest BCUT2D eigenvalue weighted by Gasteiger charge is 2.24. The number of hydrogen-bond donors (Lipinski definition) is 1. The van der Waals surface area contributed by atoms with Crippen LogP contribution in [0.5, 0.6) is 0 Å². The monoisotopic (exact) mass is 250 g/mol. The molecule has 1 fully saturated rings. The lowest BCUT2D eigenvalue weighted by Gasteiger charge is -2.39. The SMILES string of the molecule is CC1CN(C(C)Cc2cccc(F)c2)CC(C)N1. The van der Waals surface area contributed by atoms with Crippen LogP contribution in [0.2, 0.25) is 0 Å². The van der Waals surface area contributed by atoms with Gasteiger partial charge in [-0.2, -0.15) is 0 Å². The molecule has 1 aliphatic rings. The summed E-state index contributed by atoms with van der Waals surface area (Å²) < 4.78 is 13.2. The van der Waals surface area contributed by atoms with E-state index in [-0.39, 0.29) is 5.82 Å². The molecule has 3 unspecified atom stereocenters. The maximum absolute atomic E-state index is 13.2. The average Bonchev–Trinajstić information content (AvgIpc) is 2.27. The van der Waals surface area contributed by atoms with Gasteiger partial charge in [-0.1, -0.05) is 12.1 Å². The Morgan fingerprint density at radius 2 is 2.00 bits per heavy atom. The van der Waals surface area contributed by atoms with Crippen LogP contribution in [0.15, 0.2) is 24.3 Å². The van der Waals surface area contributed by atoms with Gasteiger partial charge in [0.15, 0.2) is 0 Å². The van der Waals surface area contributed by atoms with E-state index >= 15 is 0 Å². The van der Waals surface area contributed by atoms with E-state index in [0.717, 1.165) is 25.1 Å². The van der Waals surface area contributed by atoms with Crippen molar-refractivity contribution in [3.05, 3.63) is 35.6 Å². The van der Waals surface area contributed by atoms with E-state index in [9.17, 15) is 4.39 Å². The van der Waals surface area contributed by atoms with E-state index in [1.807, 2.05) is 6.07 Å². The highest BCUT2D eigenvalue weighted by molar-refractivity contribution is 5.17. The van der Waals surface area contributed by atoms with Crippen molar-refractivity contribution in [2.75, 3.05) is 13.1 Å². The lowest BCUT2D eigenvalue weighted by atomic mass is 10.0. The van der Waals surface area contributed by atoms with Crippen LogP contribution in [-0.4, -0.2) is 36.1 Å². The highest BCUT2D eigenvalue weighted by atomic mass is 19.1. The maximum atomic E-state index is 13.2. The van der Waals surface area contributed by atoms with Crippen LogP contribution >= 0.6 is 0 Å². The third-order valence-electron chi connectivity index (χ3n) is 3.63. The summed E-state index contributed by atoms with van der Waals surface area (Å²) in [5, 5.41) is 3.54. The molecule has 0 amide bonds. The van der Waals surface area contributed by atoms with Crippen molar-refractivity contribution < 1.29 is 4.39 Å². The molecule has 1 heterocycles. The van der Waals surface area contributed by atoms with Gasteiger partial charge < -0.3 is 5.32 Å². The number of nitrogens with zero attached hydrogens (tertiary/aromatic N) is 1. The minimum absolute atomic E-state index is 0.137. The molecule has 0 aliphatic carbocycles. The van der Waals surface area contributed by atoms with Crippen molar-refractivity contribution in [2.24, 2.45) is 0 Å². The summed E-state index contributed by atoms with van der Waals surface area (Å²) in [6.07, 6.45) is 0.914. The Morgan fingerprint density at radius 3 is 2.61 bits per heavy atom. The molecule has 1 aliphatic heterocycles. The summed E-state index contributed by atoms with van der Waals surface area (Å²) in [5.41, 5.74) is 1.08. The molecule has 100 valence electrons. The molecule has 0 aromatic heterocycles. The molecule has 3 heteroatoms. The molecule has 1 aromatic rings. The van der Waals surface area contributed by atoms with Crippen molar-refractivity contribution >= 4 is 0 Å². The van der Waals surface area contributed by atoms with Gasteiger partial charge in [0.25, 0.3) is 0 Å². The molecule has 2 nitrogen and oxygen atoms in total. The summed E-state index contributed by atoms with van der Waals surface area (Å²) in [5.74, 6) is -0.137. The first-order valence-corrected chi connectivity index (χ1v) is 6.79. The molecule has 0 spiro atoms. The van der Waals surface area contributed by atoms with Crippen molar-refractivity contribution in [3.63, 3.8) is 0 Å². The van der Waals surface area contributed by atoms with Gasteiger partial charge in [0.05, 0.1) is 0 Å². The Kier molecular flexibility index (Phi) is 4.36. The zero-order valence-electron chi connectivity index (χ0n) is 11.5. The third kappa shape index (κ3) is 3.53. The van der Waals surface area contributed by atoms with Crippen molar-refractivity contribution in [1.82, 2.24) is 10.2 Å². The molecule has 1 saturated heterocycles. The van der Waals surface area contributed by atoms with E-state index in [0.29, 0.717) is 18.1 Å². The zero-order valence-corrected chi connectivity index (χ0v) is 11.5. The topological polar surface area (TPSA) is 15.3 Å². The van der Waals surface area contributed by atoms with Crippen LogP contribution in [0.3, 0.4) is 0 Å². The number of rotatable bonds is 3. The zero-order chi connectivity index (χ0) is 13.1. The minimum atomic E-state index is -0.137. The van der Waals surface area contributed by atoms with E-state index in [2.05, 4.69) is 31.0 Å². The quantitative estimate of drug-likeness (QED) is 0.886. The molecule has 1 aromatic carbocycles. The van der Waals surface area contributed by atoms with Crippen LogP contribution < -0.4 is 5.32 Å². The van der Waals surface area contributed by atoms with Gasteiger partial charge in [-0.3, -0.25) is 4.90 Å². The lowest BCUT2D eigenvalue weighted by Crippen LogP contribution is -2.56. The summed E-state index contributed by atoms with van der Waals surface area (Å²) >= 11 is 0. The second-order valence-corrected chi connectivity index (χ2v) is 5.61. The second kappa shape index (κ2) is 5.81. The molecule has 18 heavy (non-hydrogen) atoms. The Hall–Kier alpha value is -0.930. The first kappa shape index (κ1) is 13.5. The molecule has 0 saturated carbocycles. The van der Waals surface area contributed by atoms with Gasteiger partial charge in [0.1, 0.15) is 5.82 Å². The van der Waals surface area contributed by atoms with E-state index in [4.69, 9.17) is 0 Å². The summed E-state index contributed by atoms with van der Waals surface area (Å²) in [6, 6.07) is 8.47. The van der Waals surface area contributed by atoms with Gasteiger partial charge in [0, 0.05) is 31.2 Å². The minimum Gasteiger partial charge on any atom is -0.309 e. The number of benzene rings is 1. The Balaban J connectivity index is 1.97. The van der Waals surface area contributed by atoms with Crippen LogP contribution in [0.4, 0.5) is 4.39 Å². The van der Waals surface area contributed by atoms with Crippen LogP contribution in [0, 0.1) is 5.82 Å². The first-order valence-electron chi connectivity index (χ1n) is 6.79. The summed E-state index contributed by atoms with van der Waals surface area (Å²) in [6.45, 7) is 8.81. The predicted octanol–water partition coefficient (Wildman–Crippen LogP) is 2.44. The molecular formula is C15H23FN2. The van der Waals surface area contributed by atoms with Crippen molar-refractivity contribution in [3.8, 4) is 0 Å². The van der Waals surface area contributed by atoms with E-state index in [1.54, 1.807) is 12.1 Å². The van der Waals surface area contributed by atoms with Crippen LogP contribution in [0.25, 0.3) is 0 Å². The molecule has 0 radical (unpaired) electrons.